The minimum absolute atomic E-state index is 0.196. The number of rotatable bonds is 3. The van der Waals surface area contributed by atoms with Crippen LogP contribution in [-0.2, 0) is 9.05 Å². The lowest BCUT2D eigenvalue weighted by molar-refractivity contribution is 0.101. The lowest BCUT2D eigenvalue weighted by atomic mass is 9.82. The Labute approximate surface area is 132 Å². The fraction of sp³-hybridized carbons (Fsp3) is 0.625. The van der Waals surface area contributed by atoms with Crippen LogP contribution < -0.4 is 4.74 Å². The van der Waals surface area contributed by atoms with Gasteiger partial charge in [-0.3, -0.25) is 0 Å². The number of hydrogen-bond donors (Lipinski definition) is 0. The number of hydrogen-bond acceptors (Lipinski definition) is 3. The van der Waals surface area contributed by atoms with Gasteiger partial charge in [-0.15, -0.1) is 0 Å². The highest BCUT2D eigenvalue weighted by molar-refractivity contribution is 8.13. The van der Waals surface area contributed by atoms with E-state index in [0.717, 1.165) is 18.6 Å². The zero-order chi connectivity index (χ0) is 15.8. The second kappa shape index (κ2) is 6.17. The predicted molar refractivity (Wildman–Crippen MR) is 85.5 cm³/mol. The minimum Gasteiger partial charge on any atom is -0.490 e. The first kappa shape index (κ1) is 16.6. The zero-order valence-electron chi connectivity index (χ0n) is 13.0. The maximum atomic E-state index is 11.6. The molecule has 2 rings (SSSR count). The summed E-state index contributed by atoms with van der Waals surface area (Å²) in [6.45, 7) is 8.01. The van der Waals surface area contributed by atoms with Crippen molar-refractivity contribution in [3.05, 3.63) is 23.3 Å². The van der Waals surface area contributed by atoms with Crippen molar-refractivity contribution >= 4 is 19.7 Å². The van der Waals surface area contributed by atoms with Gasteiger partial charge in [-0.25, -0.2) is 8.42 Å². The third kappa shape index (κ3) is 4.13. The van der Waals surface area contributed by atoms with E-state index in [2.05, 4.69) is 13.8 Å². The van der Waals surface area contributed by atoms with Gasteiger partial charge in [0, 0.05) is 10.7 Å². The van der Waals surface area contributed by atoms with Crippen molar-refractivity contribution in [1.29, 1.82) is 0 Å². The molecule has 0 saturated heterocycles. The molecule has 3 nitrogen and oxygen atoms in total. The van der Waals surface area contributed by atoms with Crippen molar-refractivity contribution in [2.75, 3.05) is 0 Å². The van der Waals surface area contributed by atoms with Gasteiger partial charge >= 0.3 is 0 Å². The van der Waals surface area contributed by atoms with Gasteiger partial charge in [0.05, 0.1) is 11.0 Å². The summed E-state index contributed by atoms with van der Waals surface area (Å²) in [7, 11) is 1.77. The number of ether oxygens (including phenoxy) is 1. The van der Waals surface area contributed by atoms with E-state index < -0.39 is 9.05 Å². The van der Waals surface area contributed by atoms with Gasteiger partial charge in [-0.2, -0.15) is 0 Å². The Morgan fingerprint density at radius 2 is 1.52 bits per heavy atom. The maximum Gasteiger partial charge on any atom is 0.261 e. The second-order valence-electron chi connectivity index (χ2n) is 6.48. The van der Waals surface area contributed by atoms with E-state index in [1.165, 1.54) is 6.42 Å². The highest BCUT2D eigenvalue weighted by atomic mass is 35.7. The lowest BCUT2D eigenvalue weighted by Gasteiger charge is -2.32. The molecule has 0 spiro atoms. The molecule has 0 bridgehead atoms. The standard InChI is InChI=1S/C16H23ClO3S/c1-10-5-11(2)7-14(6-10)20-15-8-12(3)16(13(4)9-15)21(17,18)19/h8-11,14H,5-7H2,1-4H3. The second-order valence-corrected chi connectivity index (χ2v) is 8.98. The van der Waals surface area contributed by atoms with Crippen LogP contribution in [0.2, 0.25) is 0 Å². The van der Waals surface area contributed by atoms with Gasteiger partial charge in [0.1, 0.15) is 5.75 Å². The monoisotopic (exact) mass is 330 g/mol. The SMILES string of the molecule is Cc1cc(OC2CC(C)CC(C)C2)cc(C)c1S(=O)(=O)Cl. The molecule has 1 aliphatic carbocycles. The molecule has 1 aromatic rings. The van der Waals surface area contributed by atoms with Gasteiger partial charge in [0.15, 0.2) is 0 Å². The summed E-state index contributed by atoms with van der Waals surface area (Å²) >= 11 is 0. The summed E-state index contributed by atoms with van der Waals surface area (Å²) in [6.07, 6.45) is 3.57. The average Bonchev–Trinajstić information content (AvgIpc) is 2.23. The molecule has 1 fully saturated rings. The molecule has 0 heterocycles. The number of aryl methyl sites for hydroxylation is 2. The van der Waals surface area contributed by atoms with E-state index in [0.29, 0.717) is 23.0 Å². The summed E-state index contributed by atoms with van der Waals surface area (Å²) in [6, 6.07) is 3.54. The molecule has 2 unspecified atom stereocenters. The normalized spacial score (nSPS) is 26.6. The van der Waals surface area contributed by atoms with Gasteiger partial charge < -0.3 is 4.74 Å². The minimum atomic E-state index is -3.71. The number of halogens is 1. The first-order valence-corrected chi connectivity index (χ1v) is 9.70. The van der Waals surface area contributed by atoms with Crippen LogP contribution in [0.3, 0.4) is 0 Å². The fourth-order valence-electron chi connectivity index (χ4n) is 3.52. The maximum absolute atomic E-state index is 11.6. The Morgan fingerprint density at radius 3 is 1.95 bits per heavy atom. The first-order valence-electron chi connectivity index (χ1n) is 7.39. The summed E-state index contributed by atoms with van der Waals surface area (Å²) in [4.78, 5) is 0.196. The Hall–Kier alpha value is -0.740. The number of benzene rings is 1. The zero-order valence-corrected chi connectivity index (χ0v) is 14.6. The predicted octanol–water partition coefficient (Wildman–Crippen LogP) is 4.43. The van der Waals surface area contributed by atoms with E-state index in [-0.39, 0.29) is 11.0 Å². The molecule has 2 atom stereocenters. The molecule has 0 radical (unpaired) electrons. The van der Waals surface area contributed by atoms with Crippen molar-refractivity contribution in [1.82, 2.24) is 0 Å². The van der Waals surface area contributed by atoms with Crippen LogP contribution in [-0.4, -0.2) is 14.5 Å². The van der Waals surface area contributed by atoms with Crippen LogP contribution in [0.5, 0.6) is 5.75 Å². The molecule has 0 aliphatic heterocycles. The molecule has 118 valence electrons. The largest absolute Gasteiger partial charge is 0.490 e. The summed E-state index contributed by atoms with van der Waals surface area (Å²) in [5.41, 5.74) is 1.27. The molecular formula is C16H23ClO3S. The highest BCUT2D eigenvalue weighted by Crippen LogP contribution is 2.33. The smallest absolute Gasteiger partial charge is 0.261 e. The van der Waals surface area contributed by atoms with E-state index in [1.54, 1.807) is 26.0 Å². The van der Waals surface area contributed by atoms with Gasteiger partial charge in [-0.05, 0) is 68.2 Å². The van der Waals surface area contributed by atoms with E-state index in [1.807, 2.05) is 0 Å². The highest BCUT2D eigenvalue weighted by Gasteiger charge is 2.26. The van der Waals surface area contributed by atoms with E-state index in [4.69, 9.17) is 15.4 Å². The Balaban J connectivity index is 2.23. The Bertz CT molecular complexity index is 591. The Morgan fingerprint density at radius 1 is 1.05 bits per heavy atom. The van der Waals surface area contributed by atoms with Crippen LogP contribution in [0, 0.1) is 25.7 Å². The third-order valence-electron chi connectivity index (χ3n) is 4.12. The third-order valence-corrected chi connectivity index (χ3v) is 5.71. The van der Waals surface area contributed by atoms with Crippen molar-refractivity contribution in [2.24, 2.45) is 11.8 Å². The molecule has 0 N–H and O–H groups in total. The summed E-state index contributed by atoms with van der Waals surface area (Å²) in [5.74, 6) is 2.08. The van der Waals surface area contributed by atoms with Crippen LogP contribution >= 0.6 is 10.7 Å². The average molecular weight is 331 g/mol. The van der Waals surface area contributed by atoms with Crippen molar-refractivity contribution < 1.29 is 13.2 Å². The van der Waals surface area contributed by atoms with Gasteiger partial charge in [0.25, 0.3) is 9.05 Å². The van der Waals surface area contributed by atoms with Crippen molar-refractivity contribution in [2.45, 2.75) is 58.0 Å². The van der Waals surface area contributed by atoms with Gasteiger partial charge in [-0.1, -0.05) is 13.8 Å². The van der Waals surface area contributed by atoms with Crippen LogP contribution in [0.1, 0.15) is 44.2 Å². The van der Waals surface area contributed by atoms with Crippen molar-refractivity contribution in [3.8, 4) is 5.75 Å². The molecular weight excluding hydrogens is 308 g/mol. The van der Waals surface area contributed by atoms with E-state index >= 15 is 0 Å². The lowest BCUT2D eigenvalue weighted by Crippen LogP contribution is -2.28. The van der Waals surface area contributed by atoms with Crippen LogP contribution in [0.4, 0.5) is 0 Å². The quantitative estimate of drug-likeness (QED) is 0.770. The van der Waals surface area contributed by atoms with Crippen molar-refractivity contribution in [3.63, 3.8) is 0 Å². The molecule has 0 aromatic heterocycles. The van der Waals surface area contributed by atoms with Crippen LogP contribution in [0.25, 0.3) is 0 Å². The van der Waals surface area contributed by atoms with E-state index in [9.17, 15) is 8.42 Å². The summed E-state index contributed by atoms with van der Waals surface area (Å²) < 4.78 is 29.3. The molecule has 21 heavy (non-hydrogen) atoms. The van der Waals surface area contributed by atoms with Gasteiger partial charge in [0.2, 0.25) is 0 Å². The molecule has 0 amide bonds. The molecule has 5 heteroatoms. The first-order chi connectivity index (χ1) is 9.66. The van der Waals surface area contributed by atoms with Crippen LogP contribution in [0.15, 0.2) is 17.0 Å². The summed E-state index contributed by atoms with van der Waals surface area (Å²) in [5, 5.41) is 0. The Kier molecular flexibility index (Phi) is 4.89. The molecule has 1 aromatic carbocycles. The molecule has 1 aliphatic rings. The fourth-order valence-corrected chi connectivity index (χ4v) is 5.14. The topological polar surface area (TPSA) is 43.4 Å². The molecule has 1 saturated carbocycles.